The zero-order valence-corrected chi connectivity index (χ0v) is 22.9. The highest BCUT2D eigenvalue weighted by molar-refractivity contribution is 5.88. The Morgan fingerprint density at radius 2 is 1.81 bits per heavy atom. The zero-order chi connectivity index (χ0) is 27.1. The third-order valence-electron chi connectivity index (χ3n) is 8.76. The summed E-state index contributed by atoms with van der Waals surface area (Å²) in [5.41, 5.74) is 1.24. The van der Waals surface area contributed by atoms with Gasteiger partial charge < -0.3 is 19.7 Å². The Morgan fingerprint density at radius 3 is 2.54 bits per heavy atom. The van der Waals surface area contributed by atoms with Gasteiger partial charge in [-0.05, 0) is 55.9 Å². The van der Waals surface area contributed by atoms with E-state index in [1.165, 1.54) is 0 Å². The Kier molecular flexibility index (Phi) is 7.80. The maximum absolute atomic E-state index is 13.3. The molecule has 7 nitrogen and oxygen atoms in total. The standard InChI is InChI=1S/C30H41NO6/c1-17-11-13-31-22-14-20(9-10-21(17)22)23-15-25-30(6,37-25)12-7-8-18(2)27(34)19(3)28(35)29(4,5)24(32)16-26(33)36-23/h9-11,13-14,18-19,23-25,27,32,34H,7-8,12,15-16H2,1-6H3. The van der Waals surface area contributed by atoms with Gasteiger partial charge in [-0.3, -0.25) is 14.6 Å². The molecule has 0 saturated carbocycles. The van der Waals surface area contributed by atoms with Gasteiger partial charge in [-0.25, -0.2) is 0 Å². The average molecular weight is 512 g/mol. The van der Waals surface area contributed by atoms with Crippen LogP contribution in [-0.4, -0.2) is 50.9 Å². The molecule has 0 spiro atoms. The summed E-state index contributed by atoms with van der Waals surface area (Å²) in [6, 6.07) is 7.87. The minimum atomic E-state index is -1.24. The zero-order valence-electron chi connectivity index (χ0n) is 22.9. The van der Waals surface area contributed by atoms with Crippen LogP contribution in [0.25, 0.3) is 10.9 Å². The van der Waals surface area contributed by atoms with Crippen molar-refractivity contribution < 1.29 is 29.3 Å². The van der Waals surface area contributed by atoms with Crippen molar-refractivity contribution >= 4 is 22.7 Å². The molecule has 0 bridgehead atoms. The molecule has 1 aromatic heterocycles. The molecule has 4 rings (SSSR count). The number of aliphatic hydroxyl groups excluding tert-OH is 2. The molecule has 2 saturated heterocycles. The molecule has 7 heteroatoms. The molecular formula is C30H41NO6. The number of epoxide rings is 1. The van der Waals surface area contributed by atoms with Gasteiger partial charge in [-0.1, -0.05) is 46.2 Å². The molecule has 0 radical (unpaired) electrons. The van der Waals surface area contributed by atoms with E-state index >= 15 is 0 Å². The van der Waals surface area contributed by atoms with Crippen molar-refractivity contribution in [2.24, 2.45) is 17.3 Å². The molecule has 2 aromatic rings. The maximum atomic E-state index is 13.3. The summed E-state index contributed by atoms with van der Waals surface area (Å²) in [5, 5.41) is 22.9. The van der Waals surface area contributed by atoms with Crippen LogP contribution < -0.4 is 0 Å². The Hall–Kier alpha value is -2.35. The van der Waals surface area contributed by atoms with E-state index < -0.39 is 35.6 Å². The van der Waals surface area contributed by atoms with Crippen LogP contribution in [0.15, 0.2) is 30.5 Å². The molecule has 202 valence electrons. The van der Waals surface area contributed by atoms with E-state index in [1.54, 1.807) is 27.0 Å². The number of nitrogens with zero attached hydrogens (tertiary/aromatic N) is 1. The van der Waals surface area contributed by atoms with Crippen LogP contribution in [0.4, 0.5) is 0 Å². The number of Topliss-reactive ketones (excluding diaryl/α,β-unsaturated/α-hetero) is 1. The molecule has 37 heavy (non-hydrogen) atoms. The molecule has 2 fully saturated rings. The number of cyclic esters (lactones) is 1. The quantitative estimate of drug-likeness (QED) is 0.417. The first-order valence-electron chi connectivity index (χ1n) is 13.5. The first-order valence-corrected chi connectivity index (χ1v) is 13.5. The predicted octanol–water partition coefficient (Wildman–Crippen LogP) is 4.84. The highest BCUT2D eigenvalue weighted by Gasteiger charge is 2.53. The minimum Gasteiger partial charge on any atom is -0.457 e. The number of aromatic nitrogens is 1. The molecule has 7 atom stereocenters. The lowest BCUT2D eigenvalue weighted by Gasteiger charge is -2.34. The van der Waals surface area contributed by atoms with Crippen molar-refractivity contribution in [1.29, 1.82) is 0 Å². The summed E-state index contributed by atoms with van der Waals surface area (Å²) >= 11 is 0. The number of carbonyl (C=O) groups excluding carboxylic acids is 2. The van der Waals surface area contributed by atoms with E-state index in [0.29, 0.717) is 6.42 Å². The first-order chi connectivity index (χ1) is 17.3. The highest BCUT2D eigenvalue weighted by Crippen LogP contribution is 2.46. The number of aryl methyl sites for hydroxylation is 1. The molecule has 2 N–H and O–H groups in total. The van der Waals surface area contributed by atoms with Crippen molar-refractivity contribution in [3.63, 3.8) is 0 Å². The monoisotopic (exact) mass is 511 g/mol. The summed E-state index contributed by atoms with van der Waals surface area (Å²) in [6.07, 6.45) is 1.68. The molecular weight excluding hydrogens is 470 g/mol. The van der Waals surface area contributed by atoms with Gasteiger partial charge in [0.15, 0.2) is 0 Å². The highest BCUT2D eigenvalue weighted by atomic mass is 16.6. The van der Waals surface area contributed by atoms with Gasteiger partial charge in [-0.15, -0.1) is 0 Å². The number of ketones is 1. The smallest absolute Gasteiger partial charge is 0.309 e. The molecule has 7 unspecified atom stereocenters. The number of hydrogen-bond donors (Lipinski definition) is 2. The van der Waals surface area contributed by atoms with Gasteiger partial charge in [0, 0.05) is 23.9 Å². The van der Waals surface area contributed by atoms with Crippen molar-refractivity contribution in [3.05, 3.63) is 41.6 Å². The predicted molar refractivity (Wildman–Crippen MR) is 141 cm³/mol. The van der Waals surface area contributed by atoms with Crippen LogP contribution in [0.5, 0.6) is 0 Å². The Morgan fingerprint density at radius 1 is 1.08 bits per heavy atom. The molecule has 0 aliphatic carbocycles. The largest absolute Gasteiger partial charge is 0.457 e. The fourth-order valence-electron chi connectivity index (χ4n) is 5.73. The summed E-state index contributed by atoms with van der Waals surface area (Å²) < 4.78 is 12.1. The second kappa shape index (κ2) is 10.4. The van der Waals surface area contributed by atoms with E-state index in [4.69, 9.17) is 9.47 Å². The van der Waals surface area contributed by atoms with E-state index in [2.05, 4.69) is 11.9 Å². The van der Waals surface area contributed by atoms with Crippen molar-refractivity contribution in [2.75, 3.05) is 0 Å². The molecule has 2 aliphatic rings. The van der Waals surface area contributed by atoms with E-state index in [9.17, 15) is 19.8 Å². The van der Waals surface area contributed by atoms with Gasteiger partial charge in [-0.2, -0.15) is 0 Å². The maximum Gasteiger partial charge on any atom is 0.309 e. The Balaban J connectivity index is 1.63. The third-order valence-corrected chi connectivity index (χ3v) is 8.76. The van der Waals surface area contributed by atoms with Crippen LogP contribution >= 0.6 is 0 Å². The number of hydrogen-bond acceptors (Lipinski definition) is 7. The van der Waals surface area contributed by atoms with Crippen LogP contribution in [0, 0.1) is 24.2 Å². The number of carbonyl (C=O) groups is 2. The van der Waals surface area contributed by atoms with Gasteiger partial charge >= 0.3 is 5.97 Å². The third kappa shape index (κ3) is 5.74. The molecule has 3 heterocycles. The second-order valence-corrected chi connectivity index (χ2v) is 12.0. The molecule has 0 amide bonds. The van der Waals surface area contributed by atoms with Crippen LogP contribution in [0.3, 0.4) is 0 Å². The fourth-order valence-corrected chi connectivity index (χ4v) is 5.73. The topological polar surface area (TPSA) is 109 Å². The first kappa shape index (κ1) is 27.7. The lowest BCUT2D eigenvalue weighted by Crippen LogP contribution is -2.45. The fraction of sp³-hybridized carbons (Fsp3) is 0.633. The van der Waals surface area contributed by atoms with Gasteiger partial charge in [0.1, 0.15) is 11.9 Å². The number of aliphatic hydroxyl groups is 2. The summed E-state index contributed by atoms with van der Waals surface area (Å²) in [5.74, 6) is -1.58. The second-order valence-electron chi connectivity index (χ2n) is 12.0. The van der Waals surface area contributed by atoms with E-state index in [1.807, 2.05) is 38.1 Å². The van der Waals surface area contributed by atoms with Crippen LogP contribution in [0.2, 0.25) is 0 Å². The number of pyridine rings is 1. The van der Waals surface area contributed by atoms with Gasteiger partial charge in [0.05, 0.1) is 41.3 Å². The number of fused-ring (bicyclic) bond motifs is 2. The lowest BCUT2D eigenvalue weighted by molar-refractivity contribution is -0.156. The normalized spacial score (nSPS) is 35.6. The SMILES string of the molecule is Cc1ccnc2cc(C3CC4OC4(C)CCCC(C)C(O)C(C)C(=O)C(C)(C)C(O)CC(=O)O3)ccc12. The van der Waals surface area contributed by atoms with E-state index in [-0.39, 0.29) is 29.8 Å². The van der Waals surface area contributed by atoms with Crippen molar-refractivity contribution in [2.45, 2.75) is 104 Å². The number of ether oxygens (including phenoxy) is 2. The van der Waals surface area contributed by atoms with Gasteiger partial charge in [0.2, 0.25) is 0 Å². The number of rotatable bonds is 1. The van der Waals surface area contributed by atoms with E-state index in [0.717, 1.165) is 41.3 Å². The number of esters is 1. The molecule has 2 aliphatic heterocycles. The van der Waals surface area contributed by atoms with Crippen molar-refractivity contribution in [3.8, 4) is 0 Å². The Bertz CT molecular complexity index is 1160. The minimum absolute atomic E-state index is 0.0681. The summed E-state index contributed by atoms with van der Waals surface area (Å²) in [7, 11) is 0. The lowest BCUT2D eigenvalue weighted by atomic mass is 9.73. The van der Waals surface area contributed by atoms with Crippen LogP contribution in [0.1, 0.15) is 84.0 Å². The Labute approximate surface area is 219 Å². The molecule has 1 aromatic carbocycles. The van der Waals surface area contributed by atoms with Gasteiger partial charge in [0.25, 0.3) is 0 Å². The average Bonchev–Trinajstić information content (AvgIpc) is 3.49. The number of benzene rings is 1. The summed E-state index contributed by atoms with van der Waals surface area (Å²) in [4.78, 5) is 30.9. The summed E-state index contributed by atoms with van der Waals surface area (Å²) in [6.45, 7) is 11.0. The van der Waals surface area contributed by atoms with Crippen LogP contribution in [-0.2, 0) is 19.1 Å². The van der Waals surface area contributed by atoms with Crippen molar-refractivity contribution in [1.82, 2.24) is 4.98 Å².